The van der Waals surface area contributed by atoms with E-state index in [2.05, 4.69) is 38.4 Å². The average Bonchev–Trinajstić information content (AvgIpc) is 3.40. The summed E-state index contributed by atoms with van der Waals surface area (Å²) in [5, 5.41) is 4.72. The topological polar surface area (TPSA) is 73.5 Å². The maximum Gasteiger partial charge on any atom is 0.321 e. The zero-order valence-corrected chi connectivity index (χ0v) is 22.1. The molecule has 0 unspecified atom stereocenters. The van der Waals surface area contributed by atoms with E-state index in [1.165, 1.54) is 18.4 Å². The molecule has 7 nitrogen and oxygen atoms in total. The molecule has 38 heavy (non-hydrogen) atoms. The third-order valence-electron chi connectivity index (χ3n) is 8.03. The first kappa shape index (κ1) is 24.8. The molecule has 6 rings (SSSR count). The van der Waals surface area contributed by atoms with Crippen molar-refractivity contribution < 1.29 is 9.53 Å². The van der Waals surface area contributed by atoms with Gasteiger partial charge in [0.05, 0.1) is 11.9 Å². The van der Waals surface area contributed by atoms with Crippen LogP contribution in [-0.2, 0) is 6.54 Å². The SMILES string of the molecule is O=C(Nc1cnc2[nH]ccc2c1)N1CCC2(CCN(Cc3cccc(Oc4ccc(Cl)cc4)c3)CC2)CC1. The number of nitrogens with zero attached hydrogens (tertiary/aromatic N) is 3. The summed E-state index contributed by atoms with van der Waals surface area (Å²) in [6, 6.07) is 19.7. The van der Waals surface area contributed by atoms with E-state index in [0.29, 0.717) is 10.4 Å². The van der Waals surface area contributed by atoms with Gasteiger partial charge in [-0.05, 0) is 98.3 Å². The third-order valence-corrected chi connectivity index (χ3v) is 8.29. The number of urea groups is 1. The standard InChI is InChI=1S/C30H32ClN5O2/c31-24-4-6-26(7-5-24)38-27-3-1-2-22(18-27)21-35-14-9-30(10-15-35)11-16-36(17-12-30)29(37)34-25-19-23-8-13-32-28(23)33-20-25/h1-8,13,18-20H,9-12,14-17,21H2,(H,32,33)(H,34,37). The number of aromatic amines is 1. The molecule has 2 amide bonds. The van der Waals surface area contributed by atoms with Crippen LogP contribution in [0.1, 0.15) is 31.2 Å². The lowest BCUT2D eigenvalue weighted by atomic mass is 9.71. The van der Waals surface area contributed by atoms with Crippen LogP contribution < -0.4 is 10.1 Å². The molecule has 196 valence electrons. The zero-order chi connectivity index (χ0) is 26.0. The van der Waals surface area contributed by atoms with Crippen LogP contribution in [0.5, 0.6) is 11.5 Å². The van der Waals surface area contributed by atoms with Gasteiger partial charge in [0.2, 0.25) is 0 Å². The number of likely N-dealkylation sites (tertiary alicyclic amines) is 2. The molecule has 1 spiro atoms. The van der Waals surface area contributed by atoms with Crippen molar-refractivity contribution in [2.45, 2.75) is 32.2 Å². The fourth-order valence-corrected chi connectivity index (χ4v) is 5.81. The van der Waals surface area contributed by atoms with Crippen LogP contribution in [0.25, 0.3) is 11.0 Å². The summed E-state index contributed by atoms with van der Waals surface area (Å²) in [5.41, 5.74) is 3.16. The summed E-state index contributed by atoms with van der Waals surface area (Å²) in [7, 11) is 0. The van der Waals surface area contributed by atoms with Gasteiger partial charge in [0.15, 0.2) is 0 Å². The fourth-order valence-electron chi connectivity index (χ4n) is 5.68. The van der Waals surface area contributed by atoms with Gasteiger partial charge in [0.25, 0.3) is 0 Å². The lowest BCUT2D eigenvalue weighted by Crippen LogP contribution is -2.49. The first-order chi connectivity index (χ1) is 18.5. The third kappa shape index (κ3) is 5.64. The smallest absolute Gasteiger partial charge is 0.321 e. The molecule has 2 N–H and O–H groups in total. The molecule has 2 fully saturated rings. The lowest BCUT2D eigenvalue weighted by molar-refractivity contribution is 0.0442. The van der Waals surface area contributed by atoms with Crippen molar-refractivity contribution in [1.82, 2.24) is 19.8 Å². The number of ether oxygens (including phenoxy) is 1. The van der Waals surface area contributed by atoms with Crippen molar-refractivity contribution in [3.8, 4) is 11.5 Å². The molecule has 0 radical (unpaired) electrons. The number of hydrogen-bond donors (Lipinski definition) is 2. The fraction of sp³-hybridized carbons (Fsp3) is 0.333. The molecule has 0 atom stereocenters. The number of piperidine rings is 2. The number of aromatic nitrogens is 2. The van der Waals surface area contributed by atoms with Crippen molar-refractivity contribution >= 4 is 34.4 Å². The van der Waals surface area contributed by atoms with Crippen molar-refractivity contribution in [3.05, 3.63) is 83.6 Å². The highest BCUT2D eigenvalue weighted by atomic mass is 35.5. The first-order valence-electron chi connectivity index (χ1n) is 13.3. The average molecular weight is 530 g/mol. The number of pyridine rings is 1. The minimum Gasteiger partial charge on any atom is -0.457 e. The molecular formula is C30H32ClN5O2. The number of halogens is 1. The summed E-state index contributed by atoms with van der Waals surface area (Å²) >= 11 is 5.98. The molecule has 2 aromatic carbocycles. The van der Waals surface area contributed by atoms with E-state index in [-0.39, 0.29) is 6.03 Å². The van der Waals surface area contributed by atoms with Crippen LogP contribution in [-0.4, -0.2) is 52.0 Å². The van der Waals surface area contributed by atoms with E-state index in [1.807, 2.05) is 53.6 Å². The predicted molar refractivity (Wildman–Crippen MR) is 151 cm³/mol. The highest BCUT2D eigenvalue weighted by Gasteiger charge is 2.38. The molecule has 0 saturated carbocycles. The van der Waals surface area contributed by atoms with E-state index in [4.69, 9.17) is 16.3 Å². The molecule has 4 aromatic rings. The van der Waals surface area contributed by atoms with Gasteiger partial charge in [-0.15, -0.1) is 0 Å². The summed E-state index contributed by atoms with van der Waals surface area (Å²) in [6.45, 7) is 4.68. The van der Waals surface area contributed by atoms with E-state index >= 15 is 0 Å². The quantitative estimate of drug-likeness (QED) is 0.294. The largest absolute Gasteiger partial charge is 0.457 e. The van der Waals surface area contributed by atoms with Gasteiger partial charge in [-0.3, -0.25) is 4.90 Å². The molecule has 0 bridgehead atoms. The molecule has 2 aliphatic heterocycles. The first-order valence-corrected chi connectivity index (χ1v) is 13.7. The maximum absolute atomic E-state index is 12.9. The Morgan fingerprint density at radius 3 is 2.53 bits per heavy atom. The van der Waals surface area contributed by atoms with E-state index < -0.39 is 0 Å². The summed E-state index contributed by atoms with van der Waals surface area (Å²) in [4.78, 5) is 24.8. The van der Waals surface area contributed by atoms with Gasteiger partial charge in [-0.25, -0.2) is 9.78 Å². The highest BCUT2D eigenvalue weighted by Crippen LogP contribution is 2.41. The van der Waals surface area contributed by atoms with Crippen LogP contribution in [0, 0.1) is 5.41 Å². The van der Waals surface area contributed by atoms with Crippen molar-refractivity contribution in [2.24, 2.45) is 5.41 Å². The Kier molecular flexibility index (Phi) is 6.96. The Morgan fingerprint density at radius 1 is 0.974 bits per heavy atom. The summed E-state index contributed by atoms with van der Waals surface area (Å²) in [6.07, 6.45) is 8.04. The van der Waals surface area contributed by atoms with Crippen LogP contribution >= 0.6 is 11.6 Å². The number of anilines is 1. The number of fused-ring (bicyclic) bond motifs is 1. The number of hydrogen-bond acceptors (Lipinski definition) is 4. The number of nitrogens with one attached hydrogen (secondary N) is 2. The second kappa shape index (κ2) is 10.7. The van der Waals surface area contributed by atoms with Crippen LogP contribution in [0.3, 0.4) is 0 Å². The van der Waals surface area contributed by atoms with E-state index in [1.54, 1.807) is 6.20 Å². The Hall–Kier alpha value is -3.55. The molecular weight excluding hydrogens is 498 g/mol. The second-order valence-corrected chi connectivity index (χ2v) is 11.0. The minimum atomic E-state index is -0.0327. The number of H-pyrrole nitrogens is 1. The van der Waals surface area contributed by atoms with Crippen molar-refractivity contribution in [1.29, 1.82) is 0 Å². The molecule has 2 aromatic heterocycles. The van der Waals surface area contributed by atoms with E-state index in [0.717, 1.165) is 73.8 Å². The zero-order valence-electron chi connectivity index (χ0n) is 21.3. The van der Waals surface area contributed by atoms with Crippen LogP contribution in [0.2, 0.25) is 5.02 Å². The van der Waals surface area contributed by atoms with Gasteiger partial charge >= 0.3 is 6.03 Å². The normalized spacial score (nSPS) is 17.6. The van der Waals surface area contributed by atoms with Crippen LogP contribution in [0.4, 0.5) is 10.5 Å². The number of carbonyl (C=O) groups excluding carboxylic acids is 1. The molecule has 2 saturated heterocycles. The van der Waals surface area contributed by atoms with Gasteiger partial charge < -0.3 is 19.9 Å². The number of carbonyl (C=O) groups is 1. The Bertz CT molecular complexity index is 1400. The van der Waals surface area contributed by atoms with Gasteiger partial charge in [-0.1, -0.05) is 23.7 Å². The van der Waals surface area contributed by atoms with Gasteiger partial charge in [0.1, 0.15) is 17.1 Å². The van der Waals surface area contributed by atoms with Gasteiger partial charge in [-0.2, -0.15) is 0 Å². The second-order valence-electron chi connectivity index (χ2n) is 10.5. The molecule has 0 aliphatic carbocycles. The number of rotatable bonds is 5. The molecule has 8 heteroatoms. The number of benzene rings is 2. The summed E-state index contributed by atoms with van der Waals surface area (Å²) in [5.74, 6) is 1.62. The summed E-state index contributed by atoms with van der Waals surface area (Å²) < 4.78 is 6.02. The number of amides is 2. The Balaban J connectivity index is 0.982. The van der Waals surface area contributed by atoms with Crippen LogP contribution in [0.15, 0.2) is 73.1 Å². The van der Waals surface area contributed by atoms with Crippen molar-refractivity contribution in [2.75, 3.05) is 31.5 Å². The van der Waals surface area contributed by atoms with Gasteiger partial charge in [0, 0.05) is 36.2 Å². The highest BCUT2D eigenvalue weighted by molar-refractivity contribution is 6.30. The minimum absolute atomic E-state index is 0.0327. The Labute approximate surface area is 227 Å². The molecule has 2 aliphatic rings. The van der Waals surface area contributed by atoms with Crippen molar-refractivity contribution in [3.63, 3.8) is 0 Å². The maximum atomic E-state index is 12.9. The predicted octanol–water partition coefficient (Wildman–Crippen LogP) is 6.92. The lowest BCUT2D eigenvalue weighted by Gasteiger charge is -2.46. The molecule has 4 heterocycles. The monoisotopic (exact) mass is 529 g/mol. The Morgan fingerprint density at radius 2 is 1.74 bits per heavy atom. The van der Waals surface area contributed by atoms with E-state index in [9.17, 15) is 4.79 Å².